The Hall–Kier alpha value is -0.620. The molecule has 1 aromatic carbocycles. The lowest BCUT2D eigenvalue weighted by molar-refractivity contribution is -0.143. The number of likely N-dealkylation sites (tertiary alicyclic amines) is 1. The number of halogens is 2. The van der Waals surface area contributed by atoms with Crippen LogP contribution >= 0.6 is 28.3 Å². The average Bonchev–Trinajstić information content (AvgIpc) is 2.55. The number of carbonyl (C=O) groups excluding carboxylic acids is 1. The highest BCUT2D eigenvalue weighted by atomic mass is 79.9. The maximum absolute atomic E-state index is 13.1. The summed E-state index contributed by atoms with van der Waals surface area (Å²) < 4.78 is 6.69. The minimum absolute atomic E-state index is 0. The molecule has 2 heterocycles. The number of hydrogen-bond acceptors (Lipinski definition) is 3. The van der Waals surface area contributed by atoms with Gasteiger partial charge in [-0.15, -0.1) is 12.4 Å². The van der Waals surface area contributed by atoms with Crippen LogP contribution in [-0.4, -0.2) is 37.1 Å². The van der Waals surface area contributed by atoms with E-state index < -0.39 is 5.54 Å². The van der Waals surface area contributed by atoms with Crippen LogP contribution < -0.4 is 5.73 Å². The number of rotatable bonds is 2. The van der Waals surface area contributed by atoms with Crippen molar-refractivity contribution in [3.63, 3.8) is 0 Å². The average molecular weight is 418 g/mol. The Balaban J connectivity index is 0.00000208. The first-order chi connectivity index (χ1) is 10.9. The summed E-state index contributed by atoms with van der Waals surface area (Å²) in [5, 5.41) is 0. The summed E-state index contributed by atoms with van der Waals surface area (Å²) >= 11 is 3.42. The number of nitrogens with zero attached hydrogens (tertiary/aromatic N) is 1. The van der Waals surface area contributed by atoms with E-state index in [2.05, 4.69) is 15.9 Å². The Morgan fingerprint density at radius 2 is 1.96 bits per heavy atom. The fraction of sp³-hybridized carbons (Fsp3) is 0.611. The van der Waals surface area contributed by atoms with Crippen molar-refractivity contribution in [3.8, 4) is 0 Å². The van der Waals surface area contributed by atoms with Gasteiger partial charge in [-0.05, 0) is 50.3 Å². The van der Waals surface area contributed by atoms with Crippen LogP contribution in [0.1, 0.15) is 38.2 Å². The van der Waals surface area contributed by atoms with Gasteiger partial charge in [0, 0.05) is 29.6 Å². The summed E-state index contributed by atoms with van der Waals surface area (Å²) in [6.07, 6.45) is 4.42. The van der Waals surface area contributed by atoms with Crippen molar-refractivity contribution in [1.29, 1.82) is 0 Å². The third-order valence-corrected chi connectivity index (χ3v) is 5.77. The summed E-state index contributed by atoms with van der Waals surface area (Å²) in [6, 6.07) is 7.71. The van der Waals surface area contributed by atoms with E-state index in [1.54, 1.807) is 0 Å². The lowest BCUT2D eigenvalue weighted by Gasteiger charge is -2.46. The van der Waals surface area contributed by atoms with Gasteiger partial charge in [0.1, 0.15) is 5.54 Å². The number of carbonyl (C=O) groups is 1. The summed E-state index contributed by atoms with van der Waals surface area (Å²) in [4.78, 5) is 15.0. The van der Waals surface area contributed by atoms with Crippen LogP contribution in [0, 0.1) is 5.41 Å². The smallest absolute Gasteiger partial charge is 0.246 e. The molecule has 1 amide bonds. The van der Waals surface area contributed by atoms with E-state index in [-0.39, 0.29) is 23.7 Å². The van der Waals surface area contributed by atoms with Crippen LogP contribution in [0.2, 0.25) is 0 Å². The molecule has 1 aromatic rings. The first-order valence-electron chi connectivity index (χ1n) is 8.35. The van der Waals surface area contributed by atoms with E-state index in [4.69, 9.17) is 10.5 Å². The van der Waals surface area contributed by atoms with Crippen molar-refractivity contribution in [2.24, 2.45) is 11.1 Å². The van der Waals surface area contributed by atoms with E-state index in [1.807, 2.05) is 36.1 Å². The van der Waals surface area contributed by atoms with Crippen LogP contribution in [0.25, 0.3) is 0 Å². The molecule has 2 aliphatic rings. The van der Waals surface area contributed by atoms with Gasteiger partial charge in [-0.1, -0.05) is 28.1 Å². The van der Waals surface area contributed by atoms with Gasteiger partial charge in [-0.3, -0.25) is 4.79 Å². The molecule has 2 saturated heterocycles. The van der Waals surface area contributed by atoms with Gasteiger partial charge in [-0.25, -0.2) is 0 Å². The van der Waals surface area contributed by atoms with Crippen LogP contribution in [0.15, 0.2) is 28.7 Å². The largest absolute Gasteiger partial charge is 0.381 e. The fourth-order valence-electron chi connectivity index (χ4n) is 3.86. The van der Waals surface area contributed by atoms with Gasteiger partial charge in [0.2, 0.25) is 5.91 Å². The number of benzene rings is 1. The lowest BCUT2D eigenvalue weighted by atomic mass is 9.75. The highest BCUT2D eigenvalue weighted by Gasteiger charge is 2.42. The minimum Gasteiger partial charge on any atom is -0.381 e. The summed E-state index contributed by atoms with van der Waals surface area (Å²) in [5.74, 6) is 0.0180. The zero-order valence-corrected chi connectivity index (χ0v) is 16.5. The van der Waals surface area contributed by atoms with Crippen LogP contribution in [0.3, 0.4) is 0 Å². The second-order valence-corrected chi connectivity index (χ2v) is 8.11. The van der Waals surface area contributed by atoms with E-state index in [0.717, 1.165) is 62.0 Å². The molecular weight excluding hydrogens is 392 g/mol. The van der Waals surface area contributed by atoms with Crippen molar-refractivity contribution in [3.05, 3.63) is 34.3 Å². The normalized spacial score (nSPS) is 26.5. The molecule has 2 N–H and O–H groups in total. The quantitative estimate of drug-likeness (QED) is 0.801. The van der Waals surface area contributed by atoms with E-state index in [0.29, 0.717) is 0 Å². The summed E-state index contributed by atoms with van der Waals surface area (Å²) in [7, 11) is 0. The number of amides is 1. The molecule has 4 nitrogen and oxygen atoms in total. The molecule has 3 rings (SSSR count). The molecule has 134 valence electrons. The zero-order valence-electron chi connectivity index (χ0n) is 14.1. The molecule has 0 radical (unpaired) electrons. The summed E-state index contributed by atoms with van der Waals surface area (Å²) in [5.41, 5.74) is 6.44. The van der Waals surface area contributed by atoms with Gasteiger partial charge >= 0.3 is 0 Å². The van der Waals surface area contributed by atoms with E-state index in [9.17, 15) is 4.79 Å². The Labute approximate surface area is 158 Å². The standard InChI is InChI=1S/C18H25BrN2O2.ClH/c1-17(20,14-4-6-15(19)7-5-14)16(22)21-10-2-8-18(12-21)9-3-11-23-13-18;/h4-7H,2-3,8-13,20H2,1H3;1H. The maximum atomic E-state index is 13.1. The topological polar surface area (TPSA) is 55.6 Å². The SMILES string of the molecule is CC(N)(C(=O)N1CCCC2(CCCOC2)C1)c1ccc(Br)cc1.Cl. The van der Waals surface area contributed by atoms with Gasteiger partial charge in [0.25, 0.3) is 0 Å². The van der Waals surface area contributed by atoms with Crippen molar-refractivity contribution in [1.82, 2.24) is 4.90 Å². The highest BCUT2D eigenvalue weighted by molar-refractivity contribution is 9.10. The molecule has 2 aliphatic heterocycles. The monoisotopic (exact) mass is 416 g/mol. The number of nitrogens with two attached hydrogens (primary N) is 1. The van der Waals surface area contributed by atoms with Gasteiger partial charge in [0.15, 0.2) is 0 Å². The van der Waals surface area contributed by atoms with E-state index >= 15 is 0 Å². The molecule has 0 bridgehead atoms. The second-order valence-electron chi connectivity index (χ2n) is 7.20. The predicted octanol–water partition coefficient (Wildman–Crippen LogP) is 3.46. The van der Waals surface area contributed by atoms with Gasteiger partial charge in [0.05, 0.1) is 6.61 Å². The molecule has 2 fully saturated rings. The Kier molecular flexibility index (Phi) is 6.35. The van der Waals surface area contributed by atoms with E-state index in [1.165, 1.54) is 0 Å². The van der Waals surface area contributed by atoms with Gasteiger partial charge in [-0.2, -0.15) is 0 Å². The van der Waals surface area contributed by atoms with Gasteiger partial charge < -0.3 is 15.4 Å². The van der Waals surface area contributed by atoms with Crippen LogP contribution in [-0.2, 0) is 15.1 Å². The molecule has 24 heavy (non-hydrogen) atoms. The lowest BCUT2D eigenvalue weighted by Crippen LogP contribution is -2.57. The first-order valence-corrected chi connectivity index (χ1v) is 9.14. The third-order valence-electron chi connectivity index (χ3n) is 5.24. The van der Waals surface area contributed by atoms with Crippen molar-refractivity contribution >= 4 is 34.2 Å². The van der Waals surface area contributed by atoms with Crippen LogP contribution in [0.5, 0.6) is 0 Å². The third kappa shape index (κ3) is 3.96. The molecule has 6 heteroatoms. The molecule has 0 aromatic heterocycles. The molecule has 2 atom stereocenters. The minimum atomic E-state index is -0.991. The molecule has 0 saturated carbocycles. The molecule has 0 aliphatic carbocycles. The Morgan fingerprint density at radius 1 is 1.29 bits per heavy atom. The Bertz CT molecular complexity index is 565. The number of ether oxygens (including phenoxy) is 1. The predicted molar refractivity (Wildman–Crippen MR) is 101 cm³/mol. The van der Waals surface area contributed by atoms with Crippen molar-refractivity contribution in [2.75, 3.05) is 26.3 Å². The maximum Gasteiger partial charge on any atom is 0.246 e. The highest BCUT2D eigenvalue weighted by Crippen LogP contribution is 2.38. The number of hydrogen-bond donors (Lipinski definition) is 1. The molecular formula is C18H26BrClN2O2. The Morgan fingerprint density at radius 3 is 2.58 bits per heavy atom. The van der Waals surface area contributed by atoms with Crippen molar-refractivity contribution in [2.45, 2.75) is 38.1 Å². The second kappa shape index (κ2) is 7.73. The summed E-state index contributed by atoms with van der Waals surface area (Å²) in [6.45, 7) is 5.01. The molecule has 2 unspecified atom stereocenters. The fourth-order valence-corrected chi connectivity index (χ4v) is 4.13. The van der Waals surface area contributed by atoms with Crippen molar-refractivity contribution < 1.29 is 9.53 Å². The molecule has 1 spiro atoms. The first kappa shape index (κ1) is 19.7. The van der Waals surface area contributed by atoms with Crippen LogP contribution in [0.4, 0.5) is 0 Å². The number of piperidine rings is 1. The zero-order chi connectivity index (χ0) is 16.5.